The van der Waals surface area contributed by atoms with Gasteiger partial charge in [-0.3, -0.25) is 4.99 Å². The molecule has 0 saturated carbocycles. The summed E-state index contributed by atoms with van der Waals surface area (Å²) >= 11 is 5.73. The van der Waals surface area contributed by atoms with Crippen molar-refractivity contribution in [3.63, 3.8) is 0 Å². The smallest absolute Gasteiger partial charge is 0.161 e. The monoisotopic (exact) mass is 307 g/mol. The van der Waals surface area contributed by atoms with E-state index < -0.39 is 5.82 Å². The Balaban J connectivity index is 2.34. The minimum Gasteiger partial charge on any atom is -0.493 e. The first-order valence-corrected chi connectivity index (χ1v) is 6.64. The molecule has 0 saturated heterocycles. The third kappa shape index (κ3) is 3.52. The molecule has 0 radical (unpaired) electrons. The van der Waals surface area contributed by atoms with E-state index in [-0.39, 0.29) is 5.02 Å². The van der Waals surface area contributed by atoms with E-state index in [1.54, 1.807) is 26.5 Å². The summed E-state index contributed by atoms with van der Waals surface area (Å²) < 4.78 is 23.6. The van der Waals surface area contributed by atoms with E-state index in [0.29, 0.717) is 17.2 Å². The second kappa shape index (κ2) is 6.59. The van der Waals surface area contributed by atoms with Crippen LogP contribution in [0.1, 0.15) is 11.1 Å². The van der Waals surface area contributed by atoms with Gasteiger partial charge in [0.15, 0.2) is 11.5 Å². The van der Waals surface area contributed by atoms with Gasteiger partial charge in [-0.25, -0.2) is 4.39 Å². The van der Waals surface area contributed by atoms with Crippen molar-refractivity contribution >= 4 is 23.5 Å². The number of ether oxygens (including phenoxy) is 2. The number of aryl methyl sites for hydroxylation is 1. The Labute approximate surface area is 128 Å². The van der Waals surface area contributed by atoms with E-state index in [1.165, 1.54) is 12.1 Å². The minimum atomic E-state index is -0.460. The molecule has 0 bridgehead atoms. The van der Waals surface area contributed by atoms with Crippen molar-refractivity contribution in [2.24, 2.45) is 4.99 Å². The third-order valence-corrected chi connectivity index (χ3v) is 3.32. The highest BCUT2D eigenvalue weighted by Gasteiger charge is 2.07. The predicted octanol–water partition coefficient (Wildman–Crippen LogP) is 4.56. The molecule has 0 spiro atoms. The molecule has 0 heterocycles. The van der Waals surface area contributed by atoms with E-state index in [9.17, 15) is 4.39 Å². The fourth-order valence-electron chi connectivity index (χ4n) is 1.84. The van der Waals surface area contributed by atoms with Crippen molar-refractivity contribution in [2.75, 3.05) is 14.2 Å². The number of rotatable bonds is 4. The van der Waals surface area contributed by atoms with Crippen LogP contribution in [0.5, 0.6) is 11.5 Å². The van der Waals surface area contributed by atoms with Crippen LogP contribution in [-0.2, 0) is 0 Å². The number of halogens is 2. The average molecular weight is 308 g/mol. The normalized spacial score (nSPS) is 10.9. The Hall–Kier alpha value is -2.07. The lowest BCUT2D eigenvalue weighted by molar-refractivity contribution is 0.354. The lowest BCUT2D eigenvalue weighted by Gasteiger charge is -2.10. The number of aliphatic imine (C=N–C) groups is 1. The zero-order chi connectivity index (χ0) is 15.4. The summed E-state index contributed by atoms with van der Waals surface area (Å²) in [7, 11) is 3.17. The van der Waals surface area contributed by atoms with Crippen LogP contribution in [0, 0.1) is 12.7 Å². The van der Waals surface area contributed by atoms with Crippen LogP contribution in [0.3, 0.4) is 0 Å². The molecule has 2 aromatic carbocycles. The number of benzene rings is 2. The summed E-state index contributed by atoms with van der Waals surface area (Å²) in [5.74, 6) is 0.830. The second-order valence-electron chi connectivity index (χ2n) is 4.42. The van der Waals surface area contributed by atoms with Gasteiger partial charge in [0.05, 0.1) is 24.9 Å². The van der Waals surface area contributed by atoms with Crippen LogP contribution >= 0.6 is 11.6 Å². The minimum absolute atomic E-state index is 0.0497. The van der Waals surface area contributed by atoms with Gasteiger partial charge in [-0.1, -0.05) is 11.6 Å². The summed E-state index contributed by atoms with van der Waals surface area (Å²) in [5, 5.41) is 0.0497. The summed E-state index contributed by atoms with van der Waals surface area (Å²) in [4.78, 5) is 4.30. The number of nitrogens with zero attached hydrogens (tertiary/aromatic N) is 1. The molecule has 2 rings (SSSR count). The van der Waals surface area contributed by atoms with E-state index in [1.807, 2.05) is 19.1 Å². The van der Waals surface area contributed by atoms with Crippen molar-refractivity contribution in [3.8, 4) is 11.5 Å². The Morgan fingerprint density at radius 2 is 1.76 bits per heavy atom. The molecule has 0 aliphatic carbocycles. The molecule has 0 atom stereocenters. The van der Waals surface area contributed by atoms with Crippen LogP contribution < -0.4 is 9.47 Å². The average Bonchev–Trinajstić information content (AvgIpc) is 2.49. The zero-order valence-electron chi connectivity index (χ0n) is 12.0. The fourth-order valence-corrected chi connectivity index (χ4v) is 2.02. The number of methoxy groups -OCH3 is 2. The van der Waals surface area contributed by atoms with Crippen molar-refractivity contribution in [2.45, 2.75) is 6.92 Å². The first kappa shape index (κ1) is 15.3. The van der Waals surface area contributed by atoms with E-state index in [4.69, 9.17) is 21.1 Å². The van der Waals surface area contributed by atoms with Crippen LogP contribution in [0.15, 0.2) is 35.3 Å². The molecule has 0 N–H and O–H groups in total. The van der Waals surface area contributed by atoms with Crippen molar-refractivity contribution in [1.82, 2.24) is 0 Å². The van der Waals surface area contributed by atoms with E-state index >= 15 is 0 Å². The second-order valence-corrected chi connectivity index (χ2v) is 4.83. The van der Waals surface area contributed by atoms with Crippen LogP contribution in [0.25, 0.3) is 0 Å². The quantitative estimate of drug-likeness (QED) is 0.776. The highest BCUT2D eigenvalue weighted by Crippen LogP contribution is 2.30. The molecule has 0 aliphatic heterocycles. The summed E-state index contributed by atoms with van der Waals surface area (Å²) in [6.07, 6.45) is 1.68. The maximum Gasteiger partial charge on any atom is 0.161 e. The van der Waals surface area contributed by atoms with Gasteiger partial charge in [0.25, 0.3) is 0 Å². The topological polar surface area (TPSA) is 30.8 Å². The molecule has 0 aromatic heterocycles. The van der Waals surface area contributed by atoms with E-state index in [2.05, 4.69) is 4.99 Å². The maximum atomic E-state index is 13.1. The highest BCUT2D eigenvalue weighted by atomic mass is 35.5. The zero-order valence-corrected chi connectivity index (χ0v) is 12.7. The number of hydrogen-bond donors (Lipinski definition) is 0. The largest absolute Gasteiger partial charge is 0.493 e. The summed E-state index contributed by atoms with van der Waals surface area (Å²) in [6, 6.07) is 8.04. The van der Waals surface area contributed by atoms with Crippen LogP contribution in [0.2, 0.25) is 5.02 Å². The maximum absolute atomic E-state index is 13.1. The van der Waals surface area contributed by atoms with Crippen molar-refractivity contribution < 1.29 is 13.9 Å². The van der Waals surface area contributed by atoms with Gasteiger partial charge < -0.3 is 9.47 Å². The molecule has 21 heavy (non-hydrogen) atoms. The van der Waals surface area contributed by atoms with Crippen molar-refractivity contribution in [3.05, 3.63) is 52.3 Å². The van der Waals surface area contributed by atoms with Crippen LogP contribution in [0.4, 0.5) is 10.1 Å². The van der Waals surface area contributed by atoms with Gasteiger partial charge in [-0.2, -0.15) is 0 Å². The molecule has 5 heteroatoms. The lowest BCUT2D eigenvalue weighted by atomic mass is 10.1. The van der Waals surface area contributed by atoms with Gasteiger partial charge >= 0.3 is 0 Å². The molecule has 0 aliphatic rings. The molecular formula is C16H15ClFNO2. The summed E-state index contributed by atoms with van der Waals surface area (Å²) in [6.45, 7) is 1.95. The first-order chi connectivity index (χ1) is 10.0. The van der Waals surface area contributed by atoms with Gasteiger partial charge in [-0.15, -0.1) is 0 Å². The molecular weight excluding hydrogens is 293 g/mol. The van der Waals surface area contributed by atoms with Crippen molar-refractivity contribution in [1.29, 1.82) is 0 Å². The van der Waals surface area contributed by atoms with Gasteiger partial charge in [-0.05, 0) is 48.4 Å². The SMILES string of the molecule is COc1cc(C)c(C=Nc2ccc(F)c(Cl)c2)cc1OC. The van der Waals surface area contributed by atoms with Gasteiger partial charge in [0.1, 0.15) is 5.82 Å². The Morgan fingerprint density at radius 1 is 1.10 bits per heavy atom. The van der Waals surface area contributed by atoms with Gasteiger partial charge in [0.2, 0.25) is 0 Å². The lowest BCUT2D eigenvalue weighted by Crippen LogP contribution is -1.95. The third-order valence-electron chi connectivity index (χ3n) is 3.03. The number of hydrogen-bond acceptors (Lipinski definition) is 3. The molecule has 0 amide bonds. The molecule has 3 nitrogen and oxygen atoms in total. The predicted molar refractivity (Wildman–Crippen MR) is 82.9 cm³/mol. The van der Waals surface area contributed by atoms with Crippen LogP contribution in [-0.4, -0.2) is 20.4 Å². The Bertz CT molecular complexity index is 686. The van der Waals surface area contributed by atoms with E-state index in [0.717, 1.165) is 11.1 Å². The molecule has 0 fully saturated rings. The van der Waals surface area contributed by atoms with Gasteiger partial charge in [0, 0.05) is 6.21 Å². The highest BCUT2D eigenvalue weighted by molar-refractivity contribution is 6.31. The molecule has 110 valence electrons. The fraction of sp³-hybridized carbons (Fsp3) is 0.188. The Kier molecular flexibility index (Phi) is 4.81. The summed E-state index contributed by atoms with van der Waals surface area (Å²) in [5.41, 5.74) is 2.45. The standard InChI is InChI=1S/C16H15ClFNO2/c1-10-6-15(20-2)16(21-3)7-11(10)9-19-12-4-5-14(18)13(17)8-12/h4-9H,1-3H3. The Morgan fingerprint density at radius 3 is 2.38 bits per heavy atom. The molecule has 0 unspecified atom stereocenters. The molecule has 2 aromatic rings. The first-order valence-electron chi connectivity index (χ1n) is 6.27.